The summed E-state index contributed by atoms with van der Waals surface area (Å²) in [6, 6.07) is 17.3. The number of aromatic nitrogens is 1. The number of nitrogens with zero attached hydrogens (tertiary/aromatic N) is 1. The topological polar surface area (TPSA) is 55.1 Å². The molecule has 4 nitrogen and oxygen atoms in total. The average Bonchev–Trinajstić information content (AvgIpc) is 2.99. The van der Waals surface area contributed by atoms with Crippen LogP contribution in [-0.4, -0.2) is 10.9 Å². The molecule has 1 N–H and O–H groups in total. The van der Waals surface area contributed by atoms with E-state index in [1.165, 1.54) is 6.26 Å². The second-order valence-electron chi connectivity index (χ2n) is 5.10. The average molecular weight is 292 g/mol. The third-order valence-electron chi connectivity index (χ3n) is 3.25. The van der Waals surface area contributed by atoms with Gasteiger partial charge in [-0.1, -0.05) is 35.9 Å². The third kappa shape index (κ3) is 3.41. The van der Waals surface area contributed by atoms with Gasteiger partial charge in [0.25, 0.3) is 0 Å². The van der Waals surface area contributed by atoms with Crippen molar-refractivity contribution in [3.05, 3.63) is 72.1 Å². The van der Waals surface area contributed by atoms with Crippen LogP contribution in [-0.2, 0) is 11.2 Å². The second kappa shape index (κ2) is 6.26. The molecule has 0 aliphatic carbocycles. The van der Waals surface area contributed by atoms with Gasteiger partial charge >= 0.3 is 0 Å². The van der Waals surface area contributed by atoms with Gasteiger partial charge in [0, 0.05) is 11.3 Å². The number of rotatable bonds is 4. The van der Waals surface area contributed by atoms with Crippen LogP contribution in [0.3, 0.4) is 0 Å². The lowest BCUT2D eigenvalue weighted by molar-refractivity contribution is -0.115. The Bertz CT molecular complexity index is 761. The molecule has 1 amide bonds. The third-order valence-corrected chi connectivity index (χ3v) is 3.25. The van der Waals surface area contributed by atoms with Crippen LogP contribution in [0.25, 0.3) is 11.5 Å². The molecular formula is C18H16N2O2. The summed E-state index contributed by atoms with van der Waals surface area (Å²) in [6.45, 7) is 2.01. The van der Waals surface area contributed by atoms with Crippen LogP contribution in [0.5, 0.6) is 0 Å². The van der Waals surface area contributed by atoms with E-state index in [0.717, 1.165) is 16.8 Å². The van der Waals surface area contributed by atoms with Crippen molar-refractivity contribution >= 4 is 11.6 Å². The molecule has 110 valence electrons. The first-order chi connectivity index (χ1) is 10.7. The Morgan fingerprint density at radius 3 is 2.55 bits per heavy atom. The van der Waals surface area contributed by atoms with Crippen LogP contribution in [0.1, 0.15) is 11.3 Å². The molecule has 0 unspecified atom stereocenters. The predicted octanol–water partition coefficient (Wildman–Crippen LogP) is 3.83. The number of carbonyl (C=O) groups excluding carboxylic acids is 1. The maximum absolute atomic E-state index is 12.0. The Balaban J connectivity index is 1.65. The van der Waals surface area contributed by atoms with Crippen LogP contribution < -0.4 is 5.32 Å². The largest absolute Gasteiger partial charge is 0.444 e. The molecule has 2 aromatic carbocycles. The summed E-state index contributed by atoms with van der Waals surface area (Å²) < 4.78 is 5.43. The highest BCUT2D eigenvalue weighted by molar-refractivity contribution is 5.92. The molecule has 0 fully saturated rings. The molecule has 0 spiro atoms. The van der Waals surface area contributed by atoms with Gasteiger partial charge in [-0.2, -0.15) is 0 Å². The summed E-state index contributed by atoms with van der Waals surface area (Å²) in [7, 11) is 0. The first-order valence-corrected chi connectivity index (χ1v) is 7.07. The molecule has 1 heterocycles. The smallest absolute Gasteiger partial charge is 0.230 e. The minimum Gasteiger partial charge on any atom is -0.444 e. The molecule has 0 saturated heterocycles. The summed E-state index contributed by atoms with van der Waals surface area (Å²) in [5, 5.41) is 2.85. The first-order valence-electron chi connectivity index (χ1n) is 7.07. The maximum atomic E-state index is 12.0. The highest BCUT2D eigenvalue weighted by Gasteiger charge is 2.10. The Kier molecular flexibility index (Phi) is 4.01. The Labute approximate surface area is 128 Å². The summed E-state index contributed by atoms with van der Waals surface area (Å²) in [6.07, 6.45) is 1.71. The van der Waals surface area contributed by atoms with Crippen LogP contribution >= 0.6 is 0 Å². The molecule has 0 atom stereocenters. The first kappa shape index (κ1) is 14.1. The highest BCUT2D eigenvalue weighted by atomic mass is 16.3. The Morgan fingerprint density at radius 2 is 1.82 bits per heavy atom. The summed E-state index contributed by atoms with van der Waals surface area (Å²) in [4.78, 5) is 16.4. The van der Waals surface area contributed by atoms with Gasteiger partial charge in [0.05, 0.1) is 12.1 Å². The van der Waals surface area contributed by atoms with E-state index in [2.05, 4.69) is 10.3 Å². The van der Waals surface area contributed by atoms with E-state index in [0.29, 0.717) is 11.6 Å². The molecule has 3 rings (SSSR count). The van der Waals surface area contributed by atoms with Crippen molar-refractivity contribution in [2.75, 3.05) is 5.32 Å². The Hall–Kier alpha value is -2.88. The number of nitrogens with one attached hydrogen (secondary N) is 1. The molecule has 0 aliphatic heterocycles. The van der Waals surface area contributed by atoms with Crippen LogP contribution in [0.15, 0.2) is 65.3 Å². The van der Waals surface area contributed by atoms with E-state index in [4.69, 9.17) is 4.42 Å². The number of hydrogen-bond acceptors (Lipinski definition) is 3. The number of anilines is 1. The van der Waals surface area contributed by atoms with Gasteiger partial charge in [-0.15, -0.1) is 0 Å². The molecule has 0 aliphatic rings. The lowest BCUT2D eigenvalue weighted by atomic mass is 10.2. The zero-order valence-electron chi connectivity index (χ0n) is 12.2. The number of amides is 1. The van der Waals surface area contributed by atoms with Crippen molar-refractivity contribution in [3.8, 4) is 11.5 Å². The van der Waals surface area contributed by atoms with Gasteiger partial charge in [0.15, 0.2) is 0 Å². The number of aryl methyl sites for hydroxylation is 1. The van der Waals surface area contributed by atoms with E-state index in [9.17, 15) is 4.79 Å². The molecule has 0 saturated carbocycles. The fourth-order valence-electron chi connectivity index (χ4n) is 2.11. The molecule has 0 radical (unpaired) electrons. The predicted molar refractivity (Wildman–Crippen MR) is 85.5 cm³/mol. The number of hydrogen-bond donors (Lipinski definition) is 1. The maximum Gasteiger partial charge on any atom is 0.230 e. The fraction of sp³-hybridized carbons (Fsp3) is 0.111. The van der Waals surface area contributed by atoms with Crippen LogP contribution in [0.2, 0.25) is 0 Å². The fourth-order valence-corrected chi connectivity index (χ4v) is 2.11. The van der Waals surface area contributed by atoms with Crippen molar-refractivity contribution in [1.29, 1.82) is 0 Å². The standard InChI is InChI=1S/C18H16N2O2/c1-13-7-9-15(10-8-13)19-17(21)11-16-12-22-18(20-16)14-5-3-2-4-6-14/h2-10,12H,11H2,1H3,(H,19,21). The highest BCUT2D eigenvalue weighted by Crippen LogP contribution is 2.18. The zero-order valence-corrected chi connectivity index (χ0v) is 12.2. The Morgan fingerprint density at radius 1 is 1.09 bits per heavy atom. The van der Waals surface area contributed by atoms with E-state index in [1.54, 1.807) is 0 Å². The quantitative estimate of drug-likeness (QED) is 0.795. The van der Waals surface area contributed by atoms with Gasteiger partial charge in [0.2, 0.25) is 11.8 Å². The van der Waals surface area contributed by atoms with Crippen LogP contribution in [0, 0.1) is 6.92 Å². The lowest BCUT2D eigenvalue weighted by Gasteiger charge is -2.03. The molecule has 0 bridgehead atoms. The molecule has 4 heteroatoms. The summed E-state index contributed by atoms with van der Waals surface area (Å²) in [5.74, 6) is 0.413. The molecule has 1 aromatic heterocycles. The van der Waals surface area contributed by atoms with Gasteiger partial charge in [-0.05, 0) is 31.2 Å². The van der Waals surface area contributed by atoms with Crippen molar-refractivity contribution in [1.82, 2.24) is 4.98 Å². The van der Waals surface area contributed by atoms with E-state index in [1.807, 2.05) is 61.5 Å². The van der Waals surface area contributed by atoms with Gasteiger partial charge in [-0.25, -0.2) is 4.98 Å². The van der Waals surface area contributed by atoms with Gasteiger partial charge in [0.1, 0.15) is 6.26 Å². The SMILES string of the molecule is Cc1ccc(NC(=O)Cc2coc(-c3ccccc3)n2)cc1. The number of oxazole rings is 1. The monoisotopic (exact) mass is 292 g/mol. The molecule has 3 aromatic rings. The van der Waals surface area contributed by atoms with Gasteiger partial charge < -0.3 is 9.73 Å². The molecule has 22 heavy (non-hydrogen) atoms. The van der Waals surface area contributed by atoms with Crippen molar-refractivity contribution in [3.63, 3.8) is 0 Å². The zero-order chi connectivity index (χ0) is 15.4. The van der Waals surface area contributed by atoms with Crippen LogP contribution in [0.4, 0.5) is 5.69 Å². The molecular weight excluding hydrogens is 276 g/mol. The minimum atomic E-state index is -0.114. The lowest BCUT2D eigenvalue weighted by Crippen LogP contribution is -2.14. The minimum absolute atomic E-state index is 0.114. The van der Waals surface area contributed by atoms with Gasteiger partial charge in [-0.3, -0.25) is 4.79 Å². The normalized spacial score (nSPS) is 10.4. The van der Waals surface area contributed by atoms with E-state index in [-0.39, 0.29) is 12.3 Å². The number of benzene rings is 2. The summed E-state index contributed by atoms with van der Waals surface area (Å²) >= 11 is 0. The van der Waals surface area contributed by atoms with E-state index < -0.39 is 0 Å². The van der Waals surface area contributed by atoms with Crippen molar-refractivity contribution in [2.45, 2.75) is 13.3 Å². The summed E-state index contributed by atoms with van der Waals surface area (Å²) in [5.41, 5.74) is 3.44. The second-order valence-corrected chi connectivity index (χ2v) is 5.10. The van der Waals surface area contributed by atoms with Crippen molar-refractivity contribution < 1.29 is 9.21 Å². The number of carbonyl (C=O) groups is 1. The van der Waals surface area contributed by atoms with E-state index >= 15 is 0 Å². The van der Waals surface area contributed by atoms with Crippen molar-refractivity contribution in [2.24, 2.45) is 0 Å².